The van der Waals surface area contributed by atoms with Crippen LogP contribution in [0.4, 0.5) is 11.6 Å². The Morgan fingerprint density at radius 3 is 2.40 bits per heavy atom. The molecule has 0 aliphatic rings. The summed E-state index contributed by atoms with van der Waals surface area (Å²) in [6.07, 6.45) is 0. The van der Waals surface area contributed by atoms with Gasteiger partial charge in [0.05, 0.1) is 5.75 Å². The molecule has 3 aromatic rings. The van der Waals surface area contributed by atoms with E-state index in [0.29, 0.717) is 27.4 Å². The molecule has 0 atom stereocenters. The molecule has 128 valence electrons. The number of rotatable bonds is 6. The lowest BCUT2D eigenvalue weighted by Gasteiger charge is -2.08. The molecule has 0 aliphatic carbocycles. The molecule has 0 aliphatic heterocycles. The first kappa shape index (κ1) is 17.1. The van der Waals surface area contributed by atoms with E-state index in [1.807, 2.05) is 0 Å². The van der Waals surface area contributed by atoms with Crippen molar-refractivity contribution >= 4 is 40.9 Å². The lowest BCUT2D eigenvalue weighted by Crippen LogP contribution is -2.14. The normalized spacial score (nSPS) is 10.4. The number of thioether (sulfide) groups is 1. The summed E-state index contributed by atoms with van der Waals surface area (Å²) in [6, 6.07) is 14.1. The van der Waals surface area contributed by atoms with Crippen molar-refractivity contribution in [3.8, 4) is 11.5 Å². The number of nitrogens with two attached hydrogens (primary N) is 1. The molecule has 1 heterocycles. The predicted octanol–water partition coefficient (Wildman–Crippen LogP) is 3.56. The Balaban J connectivity index is 1.51. The van der Waals surface area contributed by atoms with Crippen molar-refractivity contribution in [3.05, 3.63) is 53.6 Å². The molecule has 0 spiro atoms. The van der Waals surface area contributed by atoms with Crippen LogP contribution in [-0.4, -0.2) is 26.8 Å². The Labute approximate surface area is 152 Å². The van der Waals surface area contributed by atoms with Crippen molar-refractivity contribution in [3.63, 3.8) is 0 Å². The van der Waals surface area contributed by atoms with Gasteiger partial charge in [0.2, 0.25) is 17.0 Å². The zero-order valence-corrected chi connectivity index (χ0v) is 14.5. The van der Waals surface area contributed by atoms with Crippen LogP contribution in [0, 0.1) is 0 Å². The third-order valence-electron chi connectivity index (χ3n) is 3.00. The summed E-state index contributed by atoms with van der Waals surface area (Å²) in [5, 5.41) is 10.2. The largest absolute Gasteiger partial charge is 0.457 e. The van der Waals surface area contributed by atoms with E-state index in [1.54, 1.807) is 48.5 Å². The number of benzene rings is 2. The highest BCUT2D eigenvalue weighted by Crippen LogP contribution is 2.24. The number of nitrogens with zero attached hydrogens (tertiary/aromatic N) is 2. The molecule has 3 rings (SSSR count). The predicted molar refractivity (Wildman–Crippen MR) is 98.1 cm³/mol. The van der Waals surface area contributed by atoms with Gasteiger partial charge in [0.1, 0.15) is 11.5 Å². The number of hydrogen-bond acceptors (Lipinski definition) is 6. The van der Waals surface area contributed by atoms with Gasteiger partial charge in [-0.2, -0.15) is 4.98 Å². The summed E-state index contributed by atoms with van der Waals surface area (Å²) in [5.74, 6) is 1.58. The first-order valence-corrected chi connectivity index (χ1v) is 8.59. The Morgan fingerprint density at radius 2 is 1.80 bits per heavy atom. The summed E-state index contributed by atoms with van der Waals surface area (Å²) in [7, 11) is 0. The fourth-order valence-electron chi connectivity index (χ4n) is 1.89. The summed E-state index contributed by atoms with van der Waals surface area (Å²) < 4.78 is 5.69. The van der Waals surface area contributed by atoms with Crippen molar-refractivity contribution in [2.75, 3.05) is 16.8 Å². The molecule has 25 heavy (non-hydrogen) atoms. The van der Waals surface area contributed by atoms with Crippen molar-refractivity contribution < 1.29 is 9.53 Å². The van der Waals surface area contributed by atoms with E-state index in [-0.39, 0.29) is 17.6 Å². The minimum Gasteiger partial charge on any atom is -0.457 e. The molecule has 7 nitrogen and oxygen atoms in total. The number of halogens is 1. The second kappa shape index (κ2) is 7.91. The van der Waals surface area contributed by atoms with Crippen LogP contribution in [0.25, 0.3) is 0 Å². The van der Waals surface area contributed by atoms with Crippen molar-refractivity contribution in [1.29, 1.82) is 0 Å². The Kier molecular flexibility index (Phi) is 5.42. The first-order chi connectivity index (χ1) is 12.1. The molecule has 0 radical (unpaired) electrons. The van der Waals surface area contributed by atoms with Gasteiger partial charge in [-0.05, 0) is 48.5 Å². The van der Waals surface area contributed by atoms with Crippen LogP contribution in [0.1, 0.15) is 0 Å². The second-order valence-electron chi connectivity index (χ2n) is 4.92. The summed E-state index contributed by atoms with van der Waals surface area (Å²) >= 11 is 7.03. The smallest absolute Gasteiger partial charge is 0.234 e. The number of carbonyl (C=O) groups is 1. The van der Waals surface area contributed by atoms with Crippen molar-refractivity contribution in [1.82, 2.24) is 15.2 Å². The van der Waals surface area contributed by atoms with Crippen LogP contribution in [-0.2, 0) is 4.79 Å². The first-order valence-electron chi connectivity index (χ1n) is 7.22. The fourth-order valence-corrected chi connectivity index (χ4v) is 2.63. The van der Waals surface area contributed by atoms with Gasteiger partial charge in [-0.3, -0.25) is 4.79 Å². The zero-order valence-electron chi connectivity index (χ0n) is 12.9. The minimum atomic E-state index is -0.167. The van der Waals surface area contributed by atoms with Gasteiger partial charge < -0.3 is 15.8 Å². The average Bonchev–Trinajstić information content (AvgIpc) is 3.02. The van der Waals surface area contributed by atoms with Gasteiger partial charge in [0, 0.05) is 10.7 Å². The van der Waals surface area contributed by atoms with Crippen LogP contribution < -0.4 is 15.8 Å². The topological polar surface area (TPSA) is 106 Å². The molecule has 0 saturated heterocycles. The number of anilines is 2. The molecular formula is C16H14ClN5O2S. The number of aromatic amines is 1. The number of amides is 1. The van der Waals surface area contributed by atoms with E-state index < -0.39 is 0 Å². The van der Waals surface area contributed by atoms with Crippen LogP contribution in [0.15, 0.2) is 53.7 Å². The molecule has 1 aromatic heterocycles. The third-order valence-corrected chi connectivity index (χ3v) is 4.10. The number of nitrogens with one attached hydrogen (secondary N) is 2. The number of aromatic nitrogens is 3. The summed E-state index contributed by atoms with van der Waals surface area (Å²) in [5.41, 5.74) is 6.09. The van der Waals surface area contributed by atoms with E-state index in [2.05, 4.69) is 20.5 Å². The number of carbonyl (C=O) groups excluding carboxylic acids is 1. The highest BCUT2D eigenvalue weighted by Gasteiger charge is 2.07. The zero-order chi connectivity index (χ0) is 17.6. The minimum absolute atomic E-state index is 0.167. The van der Waals surface area contributed by atoms with Crippen LogP contribution in [0.2, 0.25) is 5.02 Å². The van der Waals surface area contributed by atoms with Gasteiger partial charge in [-0.25, -0.2) is 5.10 Å². The van der Waals surface area contributed by atoms with Gasteiger partial charge in [0.15, 0.2) is 0 Å². The lowest BCUT2D eigenvalue weighted by molar-refractivity contribution is -0.113. The summed E-state index contributed by atoms with van der Waals surface area (Å²) in [6.45, 7) is 0. The van der Waals surface area contributed by atoms with Gasteiger partial charge in [-0.15, -0.1) is 5.10 Å². The maximum absolute atomic E-state index is 11.9. The lowest BCUT2D eigenvalue weighted by atomic mass is 10.3. The monoisotopic (exact) mass is 375 g/mol. The quantitative estimate of drug-likeness (QED) is 0.569. The SMILES string of the molecule is Nc1nc(SCC(=O)Nc2ccc(Oc3ccc(Cl)cc3)cc2)n[nH]1. The highest BCUT2D eigenvalue weighted by atomic mass is 35.5. The Bertz CT molecular complexity index is 852. The van der Waals surface area contributed by atoms with E-state index in [0.717, 1.165) is 0 Å². The van der Waals surface area contributed by atoms with Crippen LogP contribution in [0.5, 0.6) is 11.5 Å². The van der Waals surface area contributed by atoms with Crippen LogP contribution >= 0.6 is 23.4 Å². The molecule has 0 saturated carbocycles. The Morgan fingerprint density at radius 1 is 1.16 bits per heavy atom. The standard InChI is InChI=1S/C16H14ClN5O2S/c17-10-1-5-12(6-2-10)24-13-7-3-11(4-8-13)19-14(23)9-25-16-20-15(18)21-22-16/h1-8H,9H2,(H,19,23)(H3,18,20,21,22). The molecule has 0 bridgehead atoms. The number of hydrogen-bond donors (Lipinski definition) is 3. The molecule has 1 amide bonds. The van der Waals surface area contributed by atoms with Crippen LogP contribution in [0.3, 0.4) is 0 Å². The number of nitrogen functional groups attached to an aromatic ring is 1. The van der Waals surface area contributed by atoms with E-state index in [4.69, 9.17) is 22.1 Å². The molecular weight excluding hydrogens is 362 g/mol. The highest BCUT2D eigenvalue weighted by molar-refractivity contribution is 7.99. The fraction of sp³-hybridized carbons (Fsp3) is 0.0625. The molecule has 2 aromatic carbocycles. The van der Waals surface area contributed by atoms with E-state index in [1.165, 1.54) is 11.8 Å². The maximum Gasteiger partial charge on any atom is 0.234 e. The van der Waals surface area contributed by atoms with Crippen molar-refractivity contribution in [2.45, 2.75) is 5.16 Å². The summed E-state index contributed by atoms with van der Waals surface area (Å²) in [4.78, 5) is 15.8. The van der Waals surface area contributed by atoms with E-state index >= 15 is 0 Å². The van der Waals surface area contributed by atoms with Gasteiger partial charge in [0.25, 0.3) is 0 Å². The van der Waals surface area contributed by atoms with Gasteiger partial charge >= 0.3 is 0 Å². The Hall–Kier alpha value is -2.71. The number of H-pyrrole nitrogens is 1. The van der Waals surface area contributed by atoms with E-state index in [9.17, 15) is 4.79 Å². The van der Waals surface area contributed by atoms with Crippen molar-refractivity contribution in [2.24, 2.45) is 0 Å². The average molecular weight is 376 g/mol. The molecule has 0 fully saturated rings. The number of ether oxygens (including phenoxy) is 1. The molecule has 0 unspecified atom stereocenters. The molecule has 4 N–H and O–H groups in total. The molecule has 9 heteroatoms. The second-order valence-corrected chi connectivity index (χ2v) is 6.30. The van der Waals surface area contributed by atoms with Gasteiger partial charge in [-0.1, -0.05) is 23.4 Å². The maximum atomic E-state index is 11.9. The third kappa shape index (κ3) is 5.13.